The Hall–Kier alpha value is -2.83. The minimum atomic E-state index is -0.567. The molecule has 1 aromatic heterocycles. The fourth-order valence-corrected chi connectivity index (χ4v) is 4.24. The maximum Gasteiger partial charge on any atom is 0.260 e. The molecule has 1 aromatic carbocycles. The Labute approximate surface area is 151 Å². The summed E-state index contributed by atoms with van der Waals surface area (Å²) in [6.45, 7) is 1.31. The number of primary amides is 1. The van der Waals surface area contributed by atoms with Crippen molar-refractivity contribution in [2.75, 3.05) is 19.7 Å². The summed E-state index contributed by atoms with van der Waals surface area (Å²) in [6.07, 6.45) is 5.98. The van der Waals surface area contributed by atoms with Crippen molar-refractivity contribution in [3.63, 3.8) is 0 Å². The fourth-order valence-electron chi connectivity index (χ4n) is 4.24. The monoisotopic (exact) mass is 354 g/mol. The first-order chi connectivity index (χ1) is 12.6. The number of hydrogen-bond donors (Lipinski definition) is 2. The molecule has 1 unspecified atom stereocenters. The Morgan fingerprint density at radius 2 is 2.15 bits per heavy atom. The molecule has 136 valence electrons. The minimum Gasteiger partial charge on any atom is -0.483 e. The first-order valence-corrected chi connectivity index (χ1v) is 8.91. The van der Waals surface area contributed by atoms with Crippen LogP contribution in [-0.2, 0) is 16.6 Å². The number of ether oxygens (including phenoxy) is 1. The zero-order valence-corrected chi connectivity index (χ0v) is 14.5. The highest BCUT2D eigenvalue weighted by Gasteiger charge is 2.44. The van der Waals surface area contributed by atoms with E-state index in [1.165, 1.54) is 11.3 Å². The van der Waals surface area contributed by atoms with Gasteiger partial charge in [0, 0.05) is 24.2 Å². The number of aromatic nitrogens is 2. The lowest BCUT2D eigenvalue weighted by Gasteiger charge is -2.40. The largest absolute Gasteiger partial charge is 0.483 e. The van der Waals surface area contributed by atoms with E-state index in [-0.39, 0.29) is 23.5 Å². The highest BCUT2D eigenvalue weighted by molar-refractivity contribution is 5.95. The number of aryl methyl sites for hydroxylation is 1. The summed E-state index contributed by atoms with van der Waals surface area (Å²) >= 11 is 0. The van der Waals surface area contributed by atoms with E-state index >= 15 is 0 Å². The van der Waals surface area contributed by atoms with Crippen LogP contribution in [0.3, 0.4) is 0 Å². The summed E-state index contributed by atoms with van der Waals surface area (Å²) in [5.41, 5.74) is 8.09. The quantitative estimate of drug-likeness (QED) is 0.866. The third-order valence-corrected chi connectivity index (χ3v) is 5.55. The lowest BCUT2D eigenvalue weighted by molar-refractivity contribution is -0.135. The van der Waals surface area contributed by atoms with Gasteiger partial charge in [0.1, 0.15) is 5.75 Å². The molecule has 7 nitrogen and oxygen atoms in total. The molecule has 1 saturated heterocycles. The van der Waals surface area contributed by atoms with Gasteiger partial charge in [-0.3, -0.25) is 14.7 Å². The lowest BCUT2D eigenvalue weighted by Crippen LogP contribution is -2.49. The molecule has 0 radical (unpaired) electrons. The second kappa shape index (κ2) is 6.48. The summed E-state index contributed by atoms with van der Waals surface area (Å²) < 4.78 is 5.61. The molecule has 0 saturated carbocycles. The first kappa shape index (κ1) is 16.6. The highest BCUT2D eigenvalue weighted by atomic mass is 16.5. The molecular formula is C19H22N4O3. The number of H-pyrrole nitrogens is 1. The third-order valence-electron chi connectivity index (χ3n) is 5.55. The summed E-state index contributed by atoms with van der Waals surface area (Å²) in [7, 11) is 0. The molecule has 3 N–H and O–H groups in total. The highest BCUT2D eigenvalue weighted by Crippen LogP contribution is 2.43. The Balaban J connectivity index is 1.44. The number of carbonyl (C=O) groups excluding carboxylic acids is 2. The van der Waals surface area contributed by atoms with E-state index in [0.29, 0.717) is 12.3 Å². The SMILES string of the molecule is NC(=O)c1ccccc1OCC(=O)N1CCCC2(CCc3cn[nH]c32)C1. The second-order valence-electron chi connectivity index (χ2n) is 7.12. The van der Waals surface area contributed by atoms with Crippen LogP contribution in [0.1, 0.15) is 40.9 Å². The van der Waals surface area contributed by atoms with Crippen LogP contribution in [0.5, 0.6) is 5.75 Å². The molecule has 1 atom stereocenters. The van der Waals surface area contributed by atoms with Crippen molar-refractivity contribution < 1.29 is 14.3 Å². The smallest absolute Gasteiger partial charge is 0.260 e. The number of hydrogen-bond acceptors (Lipinski definition) is 4. The minimum absolute atomic E-state index is 0.00905. The molecule has 7 heteroatoms. The summed E-state index contributed by atoms with van der Waals surface area (Å²) in [6, 6.07) is 6.71. The van der Waals surface area contributed by atoms with Gasteiger partial charge in [-0.1, -0.05) is 12.1 Å². The molecule has 2 amide bonds. The molecule has 2 heterocycles. The summed E-state index contributed by atoms with van der Waals surface area (Å²) in [5.74, 6) is -0.296. The van der Waals surface area contributed by atoms with Crippen LogP contribution in [-0.4, -0.2) is 46.6 Å². The summed E-state index contributed by atoms with van der Waals surface area (Å²) in [4.78, 5) is 26.0. The molecule has 1 aliphatic heterocycles. The van der Waals surface area contributed by atoms with Crippen molar-refractivity contribution in [3.05, 3.63) is 47.3 Å². The Morgan fingerprint density at radius 1 is 1.31 bits per heavy atom. The predicted octanol–water partition coefficient (Wildman–Crippen LogP) is 1.39. The van der Waals surface area contributed by atoms with Gasteiger partial charge >= 0.3 is 0 Å². The van der Waals surface area contributed by atoms with Crippen molar-refractivity contribution in [3.8, 4) is 5.75 Å². The van der Waals surface area contributed by atoms with Crippen molar-refractivity contribution in [2.24, 2.45) is 5.73 Å². The van der Waals surface area contributed by atoms with E-state index in [0.717, 1.165) is 32.2 Å². The molecule has 1 aliphatic carbocycles. The molecular weight excluding hydrogens is 332 g/mol. The number of amides is 2. The van der Waals surface area contributed by atoms with Gasteiger partial charge in [0.25, 0.3) is 11.8 Å². The Morgan fingerprint density at radius 3 is 3.00 bits per heavy atom. The van der Waals surface area contributed by atoms with Gasteiger partial charge in [-0.15, -0.1) is 0 Å². The number of fused-ring (bicyclic) bond motifs is 2. The fraction of sp³-hybridized carbons (Fsp3) is 0.421. The van der Waals surface area contributed by atoms with Crippen molar-refractivity contribution >= 4 is 11.8 Å². The van der Waals surface area contributed by atoms with Crippen LogP contribution >= 0.6 is 0 Å². The third kappa shape index (κ3) is 2.83. The van der Waals surface area contributed by atoms with Gasteiger partial charge in [-0.2, -0.15) is 5.10 Å². The van der Waals surface area contributed by atoms with Crippen LogP contribution in [0.2, 0.25) is 0 Å². The molecule has 2 aromatic rings. The molecule has 1 spiro atoms. The van der Waals surface area contributed by atoms with Gasteiger partial charge in [-0.25, -0.2) is 0 Å². The second-order valence-corrected chi connectivity index (χ2v) is 7.12. The van der Waals surface area contributed by atoms with E-state index < -0.39 is 5.91 Å². The standard InChI is InChI=1S/C19H22N4O3/c20-18(25)14-4-1-2-5-15(14)26-11-16(24)23-9-3-7-19(12-23)8-6-13-10-21-22-17(13)19/h1-2,4-5,10H,3,6-9,11-12H2,(H2,20,25)(H,21,22). The predicted molar refractivity (Wildman–Crippen MR) is 94.9 cm³/mol. The molecule has 2 aliphatic rings. The van der Waals surface area contributed by atoms with E-state index in [2.05, 4.69) is 10.2 Å². The number of para-hydroxylation sites is 1. The number of benzene rings is 1. The average Bonchev–Trinajstić information content (AvgIpc) is 3.25. The number of piperidine rings is 1. The number of likely N-dealkylation sites (tertiary alicyclic amines) is 1. The van der Waals surface area contributed by atoms with Gasteiger partial charge in [0.15, 0.2) is 6.61 Å². The van der Waals surface area contributed by atoms with Crippen LogP contribution in [0.15, 0.2) is 30.5 Å². The van der Waals surface area contributed by atoms with Crippen LogP contribution in [0, 0.1) is 0 Å². The van der Waals surface area contributed by atoms with Crippen LogP contribution in [0.25, 0.3) is 0 Å². The number of rotatable bonds is 4. The average molecular weight is 354 g/mol. The maximum absolute atomic E-state index is 12.7. The first-order valence-electron chi connectivity index (χ1n) is 8.91. The zero-order valence-electron chi connectivity index (χ0n) is 14.5. The van der Waals surface area contributed by atoms with Crippen molar-refractivity contribution in [2.45, 2.75) is 31.1 Å². The van der Waals surface area contributed by atoms with Gasteiger partial charge in [-0.05, 0) is 43.4 Å². The number of nitrogens with one attached hydrogen (secondary N) is 1. The number of nitrogens with two attached hydrogens (primary N) is 1. The van der Waals surface area contributed by atoms with Crippen LogP contribution in [0.4, 0.5) is 0 Å². The van der Waals surface area contributed by atoms with E-state index in [1.54, 1.807) is 24.3 Å². The number of aromatic amines is 1. The van der Waals surface area contributed by atoms with Gasteiger partial charge < -0.3 is 15.4 Å². The topological polar surface area (TPSA) is 101 Å². The Kier molecular flexibility index (Phi) is 4.14. The van der Waals surface area contributed by atoms with E-state index in [1.807, 2.05) is 11.1 Å². The lowest BCUT2D eigenvalue weighted by atomic mass is 9.77. The van der Waals surface area contributed by atoms with Crippen LogP contribution < -0.4 is 10.5 Å². The van der Waals surface area contributed by atoms with Crippen molar-refractivity contribution in [1.82, 2.24) is 15.1 Å². The Bertz CT molecular complexity index is 847. The van der Waals surface area contributed by atoms with Gasteiger partial charge in [0.05, 0.1) is 11.8 Å². The van der Waals surface area contributed by atoms with Crippen molar-refractivity contribution in [1.29, 1.82) is 0 Å². The summed E-state index contributed by atoms with van der Waals surface area (Å²) in [5, 5.41) is 7.31. The van der Waals surface area contributed by atoms with Gasteiger partial charge in [0.2, 0.25) is 0 Å². The normalized spacial score (nSPS) is 21.6. The molecule has 4 rings (SSSR count). The van der Waals surface area contributed by atoms with E-state index in [9.17, 15) is 9.59 Å². The molecule has 1 fully saturated rings. The maximum atomic E-state index is 12.7. The zero-order chi connectivity index (χ0) is 18.1. The van der Waals surface area contributed by atoms with E-state index in [4.69, 9.17) is 10.5 Å². The number of nitrogens with zero attached hydrogens (tertiary/aromatic N) is 2. The number of carbonyl (C=O) groups is 2. The molecule has 26 heavy (non-hydrogen) atoms. The molecule has 0 bridgehead atoms.